The van der Waals surface area contributed by atoms with Gasteiger partial charge in [0.25, 0.3) is 0 Å². The van der Waals surface area contributed by atoms with E-state index < -0.39 is 35.0 Å². The molecule has 0 fully saturated rings. The highest BCUT2D eigenvalue weighted by Gasteiger charge is 2.38. The lowest BCUT2D eigenvalue weighted by molar-refractivity contribution is -0.192. The Labute approximate surface area is 231 Å². The molecule has 3 rings (SSSR count). The third-order valence-corrected chi connectivity index (χ3v) is 6.28. The second-order valence-corrected chi connectivity index (χ2v) is 9.80. The zero-order valence-electron chi connectivity index (χ0n) is 19.6. The van der Waals surface area contributed by atoms with E-state index in [-0.39, 0.29) is 38.0 Å². The lowest BCUT2D eigenvalue weighted by Crippen LogP contribution is -2.21. The number of hydrogen-bond donors (Lipinski definition) is 4. The summed E-state index contributed by atoms with van der Waals surface area (Å²) in [5.74, 6) is -2.28. The van der Waals surface area contributed by atoms with Crippen LogP contribution in [-0.2, 0) is 14.8 Å². The predicted molar refractivity (Wildman–Crippen MR) is 131 cm³/mol. The molecule has 218 valence electrons. The number of carboxylic acid groups (broad SMARTS) is 1. The van der Waals surface area contributed by atoms with Crippen molar-refractivity contribution in [2.24, 2.45) is 0 Å². The first-order valence-electron chi connectivity index (χ1n) is 10.2. The number of nitrogens with one attached hydrogen (secondary N) is 3. The van der Waals surface area contributed by atoms with E-state index in [1.165, 1.54) is 31.7 Å². The standard InChI is InChI=1S/C18H15Cl2F3N6O3S.C2HF3O2/c1-24-33(30,31)10-2-3-14(32-8-18(21,22)23)13(4-10)28-16-6-17(27-9-26-16)29-15-5-11(19)12(20)7-25-15;3-2(4,5)1(6)7/h2-7,9,24H,8H2,1H3,(H2,25,26,27,28,29);(H,6,7). The highest BCUT2D eigenvalue weighted by molar-refractivity contribution is 7.89. The van der Waals surface area contributed by atoms with Crippen LogP contribution in [0, 0.1) is 0 Å². The molecule has 0 aliphatic heterocycles. The van der Waals surface area contributed by atoms with Gasteiger partial charge < -0.3 is 20.5 Å². The van der Waals surface area contributed by atoms with Crippen LogP contribution >= 0.6 is 23.2 Å². The Morgan fingerprint density at radius 1 is 0.950 bits per heavy atom. The lowest BCUT2D eigenvalue weighted by Gasteiger charge is -2.16. The van der Waals surface area contributed by atoms with Gasteiger partial charge in [-0.3, -0.25) is 0 Å². The van der Waals surface area contributed by atoms with Crippen molar-refractivity contribution in [3.63, 3.8) is 0 Å². The van der Waals surface area contributed by atoms with Gasteiger partial charge >= 0.3 is 18.3 Å². The molecule has 0 atom stereocenters. The van der Waals surface area contributed by atoms with Gasteiger partial charge in [-0.25, -0.2) is 32.9 Å². The van der Waals surface area contributed by atoms with Crippen molar-refractivity contribution in [2.75, 3.05) is 24.3 Å². The minimum atomic E-state index is -5.08. The molecule has 2 heterocycles. The average molecular weight is 637 g/mol. The number of anilines is 4. The monoisotopic (exact) mass is 636 g/mol. The van der Waals surface area contributed by atoms with Gasteiger partial charge in [0.05, 0.1) is 20.6 Å². The van der Waals surface area contributed by atoms with Gasteiger partial charge in [0, 0.05) is 18.3 Å². The summed E-state index contributed by atoms with van der Waals surface area (Å²) in [6.07, 6.45) is -7.16. The van der Waals surface area contributed by atoms with Crippen molar-refractivity contribution in [3.8, 4) is 5.75 Å². The molecule has 0 saturated carbocycles. The summed E-state index contributed by atoms with van der Waals surface area (Å²) in [7, 11) is -2.67. The minimum Gasteiger partial charge on any atom is -0.482 e. The molecule has 40 heavy (non-hydrogen) atoms. The number of benzene rings is 1. The molecule has 0 aliphatic carbocycles. The maximum atomic E-state index is 12.6. The van der Waals surface area contributed by atoms with Gasteiger partial charge in [0.15, 0.2) is 6.61 Å². The summed E-state index contributed by atoms with van der Waals surface area (Å²) in [6, 6.07) is 6.22. The van der Waals surface area contributed by atoms with E-state index in [2.05, 4.69) is 30.3 Å². The van der Waals surface area contributed by atoms with Crippen LogP contribution < -0.4 is 20.1 Å². The van der Waals surface area contributed by atoms with Crippen molar-refractivity contribution in [1.82, 2.24) is 19.7 Å². The lowest BCUT2D eigenvalue weighted by atomic mass is 10.3. The van der Waals surface area contributed by atoms with Gasteiger partial charge in [-0.15, -0.1) is 0 Å². The number of aromatic nitrogens is 3. The number of carbonyl (C=O) groups is 1. The summed E-state index contributed by atoms with van der Waals surface area (Å²) in [5.41, 5.74) is -0.0621. The Balaban J connectivity index is 0.000000708. The first kappa shape index (κ1) is 32.6. The Morgan fingerprint density at radius 3 is 2.05 bits per heavy atom. The van der Waals surface area contributed by atoms with Crippen LogP contribution in [0.5, 0.6) is 5.75 Å². The highest BCUT2D eigenvalue weighted by Crippen LogP contribution is 2.32. The fourth-order valence-corrected chi connectivity index (χ4v) is 3.43. The van der Waals surface area contributed by atoms with E-state index in [4.69, 9.17) is 37.8 Å². The fraction of sp³-hybridized carbons (Fsp3) is 0.200. The number of alkyl halides is 6. The summed E-state index contributed by atoms with van der Waals surface area (Å²) in [4.78, 5) is 20.8. The van der Waals surface area contributed by atoms with E-state index in [1.54, 1.807) is 0 Å². The summed E-state index contributed by atoms with van der Waals surface area (Å²) >= 11 is 11.8. The Hall–Kier alpha value is -3.61. The Bertz CT molecular complexity index is 1460. The fourth-order valence-electron chi connectivity index (χ4n) is 2.42. The predicted octanol–water partition coefficient (Wildman–Crippen LogP) is 5.15. The van der Waals surface area contributed by atoms with Crippen molar-refractivity contribution in [3.05, 3.63) is 52.9 Å². The quantitative estimate of drug-likeness (QED) is 0.244. The Morgan fingerprint density at radius 2 is 1.52 bits per heavy atom. The van der Waals surface area contributed by atoms with Gasteiger partial charge in [-0.1, -0.05) is 23.2 Å². The molecule has 0 saturated heterocycles. The van der Waals surface area contributed by atoms with E-state index in [0.717, 1.165) is 18.2 Å². The molecule has 20 heteroatoms. The molecule has 0 bridgehead atoms. The van der Waals surface area contributed by atoms with Crippen LogP contribution in [-0.4, -0.2) is 60.5 Å². The maximum absolute atomic E-state index is 12.6. The topological polar surface area (TPSA) is 155 Å². The number of hydrogen-bond acceptors (Lipinski definition) is 9. The normalized spacial score (nSPS) is 11.7. The summed E-state index contributed by atoms with van der Waals surface area (Å²) in [6.45, 7) is -1.57. The van der Waals surface area contributed by atoms with E-state index >= 15 is 0 Å². The van der Waals surface area contributed by atoms with Crippen molar-refractivity contribution in [1.29, 1.82) is 0 Å². The molecule has 0 aliphatic rings. The first-order chi connectivity index (χ1) is 18.4. The number of nitrogens with zero attached hydrogens (tertiary/aromatic N) is 3. The van der Waals surface area contributed by atoms with Crippen LogP contribution in [0.2, 0.25) is 10.0 Å². The number of rotatable bonds is 8. The molecule has 1 aromatic carbocycles. The van der Waals surface area contributed by atoms with Gasteiger partial charge in [-0.2, -0.15) is 26.3 Å². The van der Waals surface area contributed by atoms with Gasteiger partial charge in [0.1, 0.15) is 29.5 Å². The second kappa shape index (κ2) is 13.2. The molecular formula is C20H16Cl2F6N6O5S. The SMILES string of the molecule is CNS(=O)(=O)c1ccc(OCC(F)(F)F)c(Nc2cc(Nc3cc(Cl)c(Cl)cn3)ncn2)c1.O=C(O)C(F)(F)F. The number of halogens is 8. The number of ether oxygens (including phenoxy) is 1. The Kier molecular flexibility index (Phi) is 10.7. The zero-order valence-corrected chi connectivity index (χ0v) is 21.9. The molecule has 0 radical (unpaired) electrons. The number of pyridine rings is 1. The molecule has 0 unspecified atom stereocenters. The van der Waals surface area contributed by atoms with Crippen LogP contribution in [0.1, 0.15) is 0 Å². The second-order valence-electron chi connectivity index (χ2n) is 7.09. The molecule has 0 amide bonds. The largest absolute Gasteiger partial charge is 0.490 e. The van der Waals surface area contributed by atoms with Gasteiger partial charge in [-0.05, 0) is 25.2 Å². The molecular weight excluding hydrogens is 621 g/mol. The van der Waals surface area contributed by atoms with Crippen molar-refractivity contribution < 1.29 is 49.4 Å². The molecule has 3 aromatic rings. The van der Waals surface area contributed by atoms with Crippen molar-refractivity contribution >= 4 is 62.3 Å². The number of aliphatic carboxylic acids is 1. The summed E-state index contributed by atoms with van der Waals surface area (Å²) < 4.78 is 101. The number of carboxylic acids is 1. The van der Waals surface area contributed by atoms with Crippen LogP contribution in [0.3, 0.4) is 0 Å². The van der Waals surface area contributed by atoms with Crippen LogP contribution in [0.25, 0.3) is 0 Å². The molecule has 0 spiro atoms. The third-order valence-electron chi connectivity index (χ3n) is 4.16. The highest BCUT2D eigenvalue weighted by atomic mass is 35.5. The molecule has 2 aromatic heterocycles. The average Bonchev–Trinajstić information content (AvgIpc) is 2.85. The van der Waals surface area contributed by atoms with E-state index in [9.17, 15) is 34.8 Å². The van der Waals surface area contributed by atoms with E-state index in [1.807, 2.05) is 0 Å². The third kappa shape index (κ3) is 10.2. The molecule has 4 N–H and O–H groups in total. The van der Waals surface area contributed by atoms with Crippen molar-refractivity contribution in [2.45, 2.75) is 17.2 Å². The summed E-state index contributed by atoms with van der Waals surface area (Å²) in [5, 5.41) is 13.3. The smallest absolute Gasteiger partial charge is 0.482 e. The molecule has 11 nitrogen and oxygen atoms in total. The van der Waals surface area contributed by atoms with Gasteiger partial charge in [0.2, 0.25) is 10.0 Å². The van der Waals surface area contributed by atoms with Crippen LogP contribution in [0.4, 0.5) is 49.5 Å². The first-order valence-corrected chi connectivity index (χ1v) is 12.4. The van der Waals surface area contributed by atoms with Crippen LogP contribution in [0.15, 0.2) is 47.8 Å². The maximum Gasteiger partial charge on any atom is 0.490 e. The zero-order chi connectivity index (χ0) is 30.3. The van der Waals surface area contributed by atoms with E-state index in [0.29, 0.717) is 5.82 Å². The number of sulfonamides is 1. The minimum absolute atomic E-state index is 0.0621.